The van der Waals surface area contributed by atoms with Crippen molar-refractivity contribution in [3.05, 3.63) is 22.4 Å². The Morgan fingerprint density at radius 1 is 1.50 bits per heavy atom. The van der Waals surface area contributed by atoms with Crippen LogP contribution >= 0.6 is 15.9 Å². The second-order valence-corrected chi connectivity index (χ2v) is 5.79. The van der Waals surface area contributed by atoms with Gasteiger partial charge in [-0.25, -0.2) is 0 Å². The Kier molecular flexibility index (Phi) is 6.78. The third kappa shape index (κ3) is 5.00. The summed E-state index contributed by atoms with van der Waals surface area (Å²) in [6.07, 6.45) is 4.08. The molecule has 1 unspecified atom stereocenters. The Morgan fingerprint density at radius 3 is 2.80 bits per heavy atom. The first-order valence-corrected chi connectivity index (χ1v) is 7.61. The quantitative estimate of drug-likeness (QED) is 0.712. The number of rotatable bonds is 8. The molecule has 1 rings (SSSR count). The lowest BCUT2D eigenvalue weighted by Crippen LogP contribution is -2.27. The van der Waals surface area contributed by atoms with Crippen LogP contribution in [0.1, 0.15) is 43.6 Å². The van der Waals surface area contributed by atoms with Gasteiger partial charge in [-0.05, 0) is 41.3 Å². The van der Waals surface area contributed by atoms with Crippen molar-refractivity contribution < 1.29 is 14.7 Å². The molecule has 112 valence electrons. The third-order valence-corrected chi connectivity index (χ3v) is 3.52. The zero-order chi connectivity index (χ0) is 15.1. The van der Waals surface area contributed by atoms with E-state index >= 15 is 0 Å². The summed E-state index contributed by atoms with van der Waals surface area (Å²) in [4.78, 5) is 22.7. The number of carboxylic acids is 1. The molecule has 1 atom stereocenters. The zero-order valence-electron chi connectivity index (χ0n) is 11.9. The van der Waals surface area contributed by atoms with E-state index in [4.69, 9.17) is 5.11 Å². The van der Waals surface area contributed by atoms with Crippen molar-refractivity contribution in [3.8, 4) is 0 Å². The summed E-state index contributed by atoms with van der Waals surface area (Å²) in [5, 5.41) is 11.6. The average molecular weight is 345 g/mol. The van der Waals surface area contributed by atoms with E-state index in [9.17, 15) is 9.59 Å². The topological polar surface area (TPSA) is 71.3 Å². The van der Waals surface area contributed by atoms with Gasteiger partial charge in [-0.2, -0.15) is 0 Å². The predicted octanol–water partition coefficient (Wildman–Crippen LogP) is 2.89. The minimum Gasteiger partial charge on any atom is -0.481 e. The molecule has 0 bridgehead atoms. The molecule has 1 amide bonds. The fourth-order valence-electron chi connectivity index (χ4n) is 1.92. The summed E-state index contributed by atoms with van der Waals surface area (Å²) in [6.45, 7) is 5.02. The fourth-order valence-corrected chi connectivity index (χ4v) is 2.38. The van der Waals surface area contributed by atoms with Crippen LogP contribution in [0.5, 0.6) is 0 Å². The number of halogens is 1. The molecule has 0 aromatic carbocycles. The molecular weight excluding hydrogens is 324 g/mol. The first kappa shape index (κ1) is 16.8. The molecule has 0 fully saturated rings. The highest BCUT2D eigenvalue weighted by Crippen LogP contribution is 2.15. The van der Waals surface area contributed by atoms with E-state index in [1.807, 2.05) is 10.8 Å². The van der Waals surface area contributed by atoms with Crippen LogP contribution in [0.25, 0.3) is 0 Å². The van der Waals surface area contributed by atoms with Crippen molar-refractivity contribution in [2.24, 2.45) is 5.92 Å². The second kappa shape index (κ2) is 8.09. The van der Waals surface area contributed by atoms with Crippen LogP contribution in [0.4, 0.5) is 0 Å². The summed E-state index contributed by atoms with van der Waals surface area (Å²) in [6, 6.07) is 1.80. The maximum Gasteiger partial charge on any atom is 0.306 e. The minimum absolute atomic E-state index is 0.118. The van der Waals surface area contributed by atoms with E-state index < -0.39 is 5.97 Å². The van der Waals surface area contributed by atoms with E-state index in [0.717, 1.165) is 17.4 Å². The molecule has 1 aromatic heterocycles. The van der Waals surface area contributed by atoms with Gasteiger partial charge >= 0.3 is 5.97 Å². The van der Waals surface area contributed by atoms with Crippen molar-refractivity contribution in [1.82, 2.24) is 9.88 Å². The minimum atomic E-state index is -0.794. The molecular formula is C14H21BrN2O3. The third-order valence-electron chi connectivity index (χ3n) is 3.08. The van der Waals surface area contributed by atoms with Gasteiger partial charge in [0.15, 0.2) is 0 Å². The van der Waals surface area contributed by atoms with Gasteiger partial charge in [-0.3, -0.25) is 9.59 Å². The number of nitrogens with zero attached hydrogens (tertiary/aromatic N) is 1. The summed E-state index contributed by atoms with van der Waals surface area (Å²) in [5.41, 5.74) is 0.630. The number of carboxylic acid groups (broad SMARTS) is 1. The highest BCUT2D eigenvalue weighted by Gasteiger charge is 2.13. The number of nitrogens with one attached hydrogen (secondary N) is 1. The summed E-state index contributed by atoms with van der Waals surface area (Å²) >= 11 is 3.37. The lowest BCUT2D eigenvalue weighted by atomic mass is 10.1. The Labute approximate surface area is 127 Å². The van der Waals surface area contributed by atoms with Gasteiger partial charge in [0, 0.05) is 23.8 Å². The summed E-state index contributed by atoms with van der Waals surface area (Å²) in [7, 11) is 0. The summed E-state index contributed by atoms with van der Waals surface area (Å²) in [5.74, 6) is -1.28. The molecule has 0 aliphatic carbocycles. The predicted molar refractivity (Wildman–Crippen MR) is 80.8 cm³/mol. The molecule has 0 aliphatic heterocycles. The van der Waals surface area contributed by atoms with Crippen LogP contribution in [0.3, 0.4) is 0 Å². The van der Waals surface area contributed by atoms with Crippen LogP contribution < -0.4 is 5.32 Å². The van der Waals surface area contributed by atoms with E-state index in [-0.39, 0.29) is 11.8 Å². The van der Waals surface area contributed by atoms with E-state index in [2.05, 4.69) is 28.2 Å². The first-order chi connectivity index (χ1) is 9.45. The standard InChI is InChI=1S/C14H21BrN2O3/c1-3-7-17-9-11(15)8-12(17)13(18)16-6-4-5-10(2)14(19)20/h8-10H,3-7H2,1-2H3,(H,16,18)(H,19,20). The molecule has 6 heteroatoms. The number of amides is 1. The van der Waals surface area contributed by atoms with E-state index in [1.165, 1.54) is 0 Å². The van der Waals surface area contributed by atoms with Crippen LogP contribution in [-0.2, 0) is 11.3 Å². The first-order valence-electron chi connectivity index (χ1n) is 6.82. The van der Waals surface area contributed by atoms with Crippen LogP contribution in [0.2, 0.25) is 0 Å². The van der Waals surface area contributed by atoms with Crippen molar-refractivity contribution in [3.63, 3.8) is 0 Å². The molecule has 1 heterocycles. The number of aromatic nitrogens is 1. The highest BCUT2D eigenvalue weighted by molar-refractivity contribution is 9.10. The summed E-state index contributed by atoms with van der Waals surface area (Å²) < 4.78 is 2.80. The number of aryl methyl sites for hydroxylation is 1. The van der Waals surface area contributed by atoms with Crippen molar-refractivity contribution >= 4 is 27.8 Å². The lowest BCUT2D eigenvalue weighted by Gasteiger charge is -2.09. The molecule has 0 spiro atoms. The smallest absolute Gasteiger partial charge is 0.306 e. The van der Waals surface area contributed by atoms with E-state index in [0.29, 0.717) is 25.1 Å². The zero-order valence-corrected chi connectivity index (χ0v) is 13.4. The molecule has 0 saturated carbocycles. The van der Waals surface area contributed by atoms with Gasteiger partial charge in [0.2, 0.25) is 0 Å². The Hall–Kier alpha value is -1.30. The molecule has 20 heavy (non-hydrogen) atoms. The number of aliphatic carboxylic acids is 1. The van der Waals surface area contributed by atoms with Gasteiger partial charge in [0.1, 0.15) is 5.69 Å². The Morgan fingerprint density at radius 2 is 2.20 bits per heavy atom. The van der Waals surface area contributed by atoms with Crippen LogP contribution in [0, 0.1) is 5.92 Å². The van der Waals surface area contributed by atoms with Gasteiger partial charge in [0.05, 0.1) is 5.92 Å². The van der Waals surface area contributed by atoms with E-state index in [1.54, 1.807) is 13.0 Å². The van der Waals surface area contributed by atoms with Crippen LogP contribution in [0.15, 0.2) is 16.7 Å². The van der Waals surface area contributed by atoms with Crippen molar-refractivity contribution in [2.75, 3.05) is 6.54 Å². The fraction of sp³-hybridized carbons (Fsp3) is 0.571. The molecule has 0 saturated heterocycles. The molecule has 0 aliphatic rings. The maximum atomic E-state index is 12.1. The molecule has 5 nitrogen and oxygen atoms in total. The highest BCUT2D eigenvalue weighted by atomic mass is 79.9. The van der Waals surface area contributed by atoms with Gasteiger partial charge in [-0.1, -0.05) is 13.8 Å². The molecule has 0 radical (unpaired) electrons. The van der Waals surface area contributed by atoms with Gasteiger partial charge in [-0.15, -0.1) is 0 Å². The molecule has 2 N–H and O–H groups in total. The van der Waals surface area contributed by atoms with Crippen molar-refractivity contribution in [2.45, 2.75) is 39.7 Å². The SMILES string of the molecule is CCCn1cc(Br)cc1C(=O)NCCCC(C)C(=O)O. The average Bonchev–Trinajstić information content (AvgIpc) is 2.75. The Bertz CT molecular complexity index is 471. The number of hydrogen-bond acceptors (Lipinski definition) is 2. The van der Waals surface area contributed by atoms with Crippen LogP contribution in [-0.4, -0.2) is 28.1 Å². The van der Waals surface area contributed by atoms with Gasteiger partial charge in [0.25, 0.3) is 5.91 Å². The number of carbonyl (C=O) groups is 2. The normalized spacial score (nSPS) is 12.2. The van der Waals surface area contributed by atoms with Gasteiger partial charge < -0.3 is 15.0 Å². The second-order valence-electron chi connectivity index (χ2n) is 4.87. The number of carbonyl (C=O) groups excluding carboxylic acids is 1. The monoisotopic (exact) mass is 344 g/mol. The largest absolute Gasteiger partial charge is 0.481 e. The lowest BCUT2D eigenvalue weighted by molar-refractivity contribution is -0.141. The van der Waals surface area contributed by atoms with Crippen molar-refractivity contribution in [1.29, 1.82) is 0 Å². The number of hydrogen-bond donors (Lipinski definition) is 2. The Balaban J connectivity index is 2.45. The molecule has 1 aromatic rings. The maximum absolute atomic E-state index is 12.1.